The van der Waals surface area contributed by atoms with Crippen molar-refractivity contribution >= 4 is 23.9 Å². The number of aldehydes is 1. The van der Waals surface area contributed by atoms with Crippen LogP contribution in [0.5, 0.6) is 0 Å². The maximum absolute atomic E-state index is 11.4. The zero-order valence-corrected chi connectivity index (χ0v) is 9.08. The van der Waals surface area contributed by atoms with E-state index < -0.39 is 5.97 Å². The first-order chi connectivity index (χ1) is 7.19. The molecule has 0 atom stereocenters. The number of halogens is 1. The summed E-state index contributed by atoms with van der Waals surface area (Å²) in [7, 11) is 1.31. The van der Waals surface area contributed by atoms with Crippen LogP contribution in [-0.2, 0) is 16.0 Å². The molecule has 0 aromatic heterocycles. The third-order valence-corrected chi connectivity index (χ3v) is 2.24. The molecule has 0 aliphatic heterocycles. The van der Waals surface area contributed by atoms with Crippen molar-refractivity contribution in [1.29, 1.82) is 0 Å². The predicted molar refractivity (Wildman–Crippen MR) is 57.2 cm³/mol. The minimum atomic E-state index is -0.432. The fraction of sp³-hybridized carbons (Fsp3) is 0.273. The second-order valence-electron chi connectivity index (χ2n) is 3.00. The van der Waals surface area contributed by atoms with Crippen LogP contribution in [0.4, 0.5) is 0 Å². The second kappa shape index (κ2) is 5.51. The number of hydrogen-bond acceptors (Lipinski definition) is 3. The molecule has 0 aliphatic carbocycles. The number of carbonyl (C=O) groups excluding carboxylic acids is 2. The van der Waals surface area contributed by atoms with Gasteiger partial charge in [0.1, 0.15) is 6.29 Å². The number of aryl methyl sites for hydroxylation is 1. The Labute approximate surface area is 93.0 Å². The lowest BCUT2D eigenvalue weighted by Crippen LogP contribution is -2.06. The van der Waals surface area contributed by atoms with E-state index in [1.165, 1.54) is 7.11 Å². The first kappa shape index (κ1) is 11.7. The van der Waals surface area contributed by atoms with Crippen LogP contribution in [0.15, 0.2) is 18.2 Å². The van der Waals surface area contributed by atoms with E-state index in [-0.39, 0.29) is 0 Å². The van der Waals surface area contributed by atoms with Crippen molar-refractivity contribution in [2.24, 2.45) is 0 Å². The van der Waals surface area contributed by atoms with Gasteiger partial charge in [-0.05, 0) is 24.1 Å². The SMILES string of the molecule is COC(=O)c1cc(Cl)ccc1CCC=O. The van der Waals surface area contributed by atoms with Gasteiger partial charge >= 0.3 is 5.97 Å². The second-order valence-corrected chi connectivity index (χ2v) is 3.43. The summed E-state index contributed by atoms with van der Waals surface area (Å²) in [6, 6.07) is 4.97. The molecule has 0 fully saturated rings. The Balaban J connectivity index is 3.02. The molecular weight excluding hydrogens is 216 g/mol. The van der Waals surface area contributed by atoms with E-state index in [0.29, 0.717) is 23.4 Å². The molecule has 4 heteroatoms. The molecule has 0 unspecified atom stereocenters. The van der Waals surface area contributed by atoms with Gasteiger partial charge in [0.15, 0.2) is 0 Å². The van der Waals surface area contributed by atoms with Crippen LogP contribution in [0.3, 0.4) is 0 Å². The van der Waals surface area contributed by atoms with Crippen molar-refractivity contribution in [3.05, 3.63) is 34.3 Å². The number of hydrogen-bond donors (Lipinski definition) is 0. The van der Waals surface area contributed by atoms with E-state index in [0.717, 1.165) is 11.8 Å². The molecular formula is C11H11ClO3. The molecule has 1 aromatic carbocycles. The summed E-state index contributed by atoms with van der Waals surface area (Å²) < 4.78 is 4.63. The van der Waals surface area contributed by atoms with E-state index in [4.69, 9.17) is 11.6 Å². The summed E-state index contributed by atoms with van der Waals surface area (Å²) in [6.45, 7) is 0. The molecule has 0 spiro atoms. The molecule has 1 aromatic rings. The van der Waals surface area contributed by atoms with E-state index in [1.807, 2.05) is 0 Å². The van der Waals surface area contributed by atoms with Crippen LogP contribution in [0.25, 0.3) is 0 Å². The molecule has 80 valence electrons. The van der Waals surface area contributed by atoms with Crippen molar-refractivity contribution in [1.82, 2.24) is 0 Å². The first-order valence-corrected chi connectivity index (χ1v) is 4.87. The summed E-state index contributed by atoms with van der Waals surface area (Å²) in [5.41, 5.74) is 1.20. The summed E-state index contributed by atoms with van der Waals surface area (Å²) in [5, 5.41) is 0.477. The largest absolute Gasteiger partial charge is 0.465 e. The van der Waals surface area contributed by atoms with E-state index in [9.17, 15) is 9.59 Å². The van der Waals surface area contributed by atoms with Gasteiger partial charge in [-0.15, -0.1) is 0 Å². The highest BCUT2D eigenvalue weighted by atomic mass is 35.5. The van der Waals surface area contributed by atoms with Gasteiger partial charge in [0.25, 0.3) is 0 Å². The van der Waals surface area contributed by atoms with Crippen molar-refractivity contribution in [3.63, 3.8) is 0 Å². The molecule has 0 aliphatic rings. The average molecular weight is 227 g/mol. The number of ether oxygens (including phenoxy) is 1. The molecule has 0 saturated carbocycles. The smallest absolute Gasteiger partial charge is 0.338 e. The summed E-state index contributed by atoms with van der Waals surface area (Å²) in [5.74, 6) is -0.432. The van der Waals surface area contributed by atoms with Crippen LogP contribution in [0, 0.1) is 0 Å². The van der Waals surface area contributed by atoms with Crippen molar-refractivity contribution in [2.45, 2.75) is 12.8 Å². The number of rotatable bonds is 4. The zero-order valence-electron chi connectivity index (χ0n) is 8.33. The Bertz CT molecular complexity index is 374. The molecule has 1 rings (SSSR count). The molecule has 3 nitrogen and oxygen atoms in total. The van der Waals surface area contributed by atoms with Crippen LogP contribution in [-0.4, -0.2) is 19.4 Å². The van der Waals surface area contributed by atoms with Crippen LogP contribution in [0.1, 0.15) is 22.3 Å². The Morgan fingerprint density at radius 3 is 2.87 bits per heavy atom. The van der Waals surface area contributed by atoms with E-state index in [1.54, 1.807) is 18.2 Å². The van der Waals surface area contributed by atoms with Gasteiger partial charge in [-0.1, -0.05) is 17.7 Å². The summed E-state index contributed by atoms with van der Waals surface area (Å²) >= 11 is 5.77. The molecule has 0 saturated heterocycles. The fourth-order valence-corrected chi connectivity index (χ4v) is 1.45. The van der Waals surface area contributed by atoms with Crippen LogP contribution >= 0.6 is 11.6 Å². The zero-order chi connectivity index (χ0) is 11.3. The van der Waals surface area contributed by atoms with E-state index >= 15 is 0 Å². The topological polar surface area (TPSA) is 43.4 Å². The number of carbonyl (C=O) groups is 2. The molecule has 0 heterocycles. The van der Waals surface area contributed by atoms with Gasteiger partial charge in [-0.3, -0.25) is 0 Å². The van der Waals surface area contributed by atoms with Gasteiger partial charge < -0.3 is 9.53 Å². The van der Waals surface area contributed by atoms with Gasteiger partial charge in [0.05, 0.1) is 12.7 Å². The maximum Gasteiger partial charge on any atom is 0.338 e. The van der Waals surface area contributed by atoms with Gasteiger partial charge in [0, 0.05) is 11.4 Å². The Hall–Kier alpha value is -1.35. The van der Waals surface area contributed by atoms with Crippen LogP contribution < -0.4 is 0 Å². The Kier molecular flexibility index (Phi) is 4.31. The van der Waals surface area contributed by atoms with Crippen molar-refractivity contribution < 1.29 is 14.3 Å². The van der Waals surface area contributed by atoms with Crippen molar-refractivity contribution in [3.8, 4) is 0 Å². The van der Waals surface area contributed by atoms with Crippen LogP contribution in [0.2, 0.25) is 5.02 Å². The van der Waals surface area contributed by atoms with Crippen molar-refractivity contribution in [2.75, 3.05) is 7.11 Å². The molecule has 15 heavy (non-hydrogen) atoms. The molecule has 0 bridgehead atoms. The first-order valence-electron chi connectivity index (χ1n) is 4.49. The lowest BCUT2D eigenvalue weighted by atomic mass is 10.0. The predicted octanol–water partition coefficient (Wildman–Crippen LogP) is 2.26. The summed E-state index contributed by atoms with van der Waals surface area (Å²) in [6.07, 6.45) is 1.71. The van der Waals surface area contributed by atoms with Gasteiger partial charge in [-0.2, -0.15) is 0 Å². The van der Waals surface area contributed by atoms with E-state index in [2.05, 4.69) is 4.74 Å². The lowest BCUT2D eigenvalue weighted by molar-refractivity contribution is -0.107. The quantitative estimate of drug-likeness (QED) is 0.584. The summed E-state index contributed by atoms with van der Waals surface area (Å²) in [4.78, 5) is 21.6. The number of benzene rings is 1. The highest BCUT2D eigenvalue weighted by Crippen LogP contribution is 2.18. The fourth-order valence-electron chi connectivity index (χ4n) is 1.28. The van der Waals surface area contributed by atoms with Gasteiger partial charge in [0.2, 0.25) is 0 Å². The molecule has 0 amide bonds. The monoisotopic (exact) mass is 226 g/mol. The van der Waals surface area contributed by atoms with Gasteiger partial charge in [-0.25, -0.2) is 4.79 Å². The average Bonchev–Trinajstić information content (AvgIpc) is 2.26. The highest BCUT2D eigenvalue weighted by Gasteiger charge is 2.11. The highest BCUT2D eigenvalue weighted by molar-refractivity contribution is 6.31. The third-order valence-electron chi connectivity index (χ3n) is 2.01. The minimum Gasteiger partial charge on any atom is -0.465 e. The maximum atomic E-state index is 11.4. The Morgan fingerprint density at radius 2 is 2.27 bits per heavy atom. The normalized spacial score (nSPS) is 9.73. The third kappa shape index (κ3) is 3.06. The number of methoxy groups -OCH3 is 1. The molecule has 0 radical (unpaired) electrons. The standard InChI is InChI=1S/C11H11ClO3/c1-15-11(14)10-7-9(12)5-4-8(10)3-2-6-13/h4-7H,2-3H2,1H3. The number of esters is 1. The lowest BCUT2D eigenvalue weighted by Gasteiger charge is -2.06. The molecule has 0 N–H and O–H groups in total. The Morgan fingerprint density at radius 1 is 1.53 bits per heavy atom. The minimum absolute atomic E-state index is 0.381.